The van der Waals surface area contributed by atoms with Gasteiger partial charge in [0.1, 0.15) is 5.69 Å². The molecule has 0 radical (unpaired) electrons. The molecule has 5 rings (SSSR count). The van der Waals surface area contributed by atoms with Crippen LogP contribution in [0.25, 0.3) is 11.0 Å². The number of hydrogen-bond donors (Lipinski definition) is 2. The fourth-order valence-corrected chi connectivity index (χ4v) is 3.67. The van der Waals surface area contributed by atoms with Gasteiger partial charge in [-0.3, -0.25) is 9.89 Å². The van der Waals surface area contributed by atoms with Crippen LogP contribution in [0.4, 0.5) is 0 Å². The zero-order valence-electron chi connectivity index (χ0n) is 15.4. The average Bonchev–Trinajstić information content (AvgIpc) is 3.14. The topological polar surface area (TPSA) is 75.6 Å². The molecule has 6 nitrogen and oxygen atoms in total. The zero-order valence-corrected chi connectivity index (χ0v) is 15.4. The Bertz CT molecular complexity index is 1120. The van der Waals surface area contributed by atoms with Crippen molar-refractivity contribution in [1.82, 2.24) is 25.1 Å². The molecule has 2 aromatic heterocycles. The van der Waals surface area contributed by atoms with E-state index in [1.54, 1.807) is 0 Å². The highest BCUT2D eigenvalue weighted by Gasteiger charge is 2.44. The van der Waals surface area contributed by atoms with Gasteiger partial charge in [0.15, 0.2) is 0 Å². The minimum atomic E-state index is -0.127. The van der Waals surface area contributed by atoms with E-state index in [2.05, 4.69) is 32.6 Å². The van der Waals surface area contributed by atoms with Crippen molar-refractivity contribution in [2.45, 2.75) is 31.3 Å². The Labute approximate surface area is 162 Å². The molecule has 2 N–H and O–H groups in total. The molecule has 0 atom stereocenters. The predicted molar refractivity (Wildman–Crippen MR) is 107 cm³/mol. The third-order valence-electron chi connectivity index (χ3n) is 5.35. The fraction of sp³-hybridized carbons (Fsp3) is 0.227. The smallest absolute Gasteiger partial charge is 0.272 e. The maximum absolute atomic E-state index is 12.7. The number of carbonyl (C=O) groups is 1. The van der Waals surface area contributed by atoms with E-state index in [4.69, 9.17) is 0 Å². The minimum Gasteiger partial charge on any atom is -0.345 e. The Hall–Kier alpha value is -3.41. The highest BCUT2D eigenvalue weighted by molar-refractivity contribution is 5.93. The molecular weight excluding hydrogens is 350 g/mol. The fourth-order valence-electron chi connectivity index (χ4n) is 3.67. The third kappa shape index (κ3) is 3.29. The van der Waals surface area contributed by atoms with E-state index >= 15 is 0 Å². The Kier molecular flexibility index (Phi) is 3.97. The van der Waals surface area contributed by atoms with Gasteiger partial charge in [0.2, 0.25) is 0 Å². The van der Waals surface area contributed by atoms with Crippen LogP contribution in [0.15, 0.2) is 67.0 Å². The van der Waals surface area contributed by atoms with E-state index in [9.17, 15) is 4.79 Å². The van der Waals surface area contributed by atoms with Crippen LogP contribution in [-0.4, -0.2) is 31.2 Å². The number of para-hydroxylation sites is 2. The maximum Gasteiger partial charge on any atom is 0.272 e. The van der Waals surface area contributed by atoms with Gasteiger partial charge in [0.05, 0.1) is 29.6 Å². The summed E-state index contributed by atoms with van der Waals surface area (Å²) >= 11 is 0. The van der Waals surface area contributed by atoms with E-state index in [1.165, 1.54) is 5.56 Å². The van der Waals surface area contributed by atoms with Crippen LogP contribution in [0, 0.1) is 0 Å². The Morgan fingerprint density at radius 2 is 1.89 bits per heavy atom. The monoisotopic (exact) mass is 371 g/mol. The molecule has 28 heavy (non-hydrogen) atoms. The first-order chi connectivity index (χ1) is 13.7. The molecule has 1 aliphatic rings. The molecule has 1 amide bonds. The molecular formula is C22H21N5O. The van der Waals surface area contributed by atoms with Crippen molar-refractivity contribution in [3.8, 4) is 0 Å². The molecule has 1 aliphatic carbocycles. The molecule has 0 spiro atoms. The first-order valence-electron chi connectivity index (χ1n) is 9.51. The second-order valence-electron chi connectivity index (χ2n) is 7.54. The van der Waals surface area contributed by atoms with E-state index in [-0.39, 0.29) is 11.4 Å². The first kappa shape index (κ1) is 16.7. The molecule has 0 aliphatic heterocycles. The summed E-state index contributed by atoms with van der Waals surface area (Å²) in [5.74, 6) is -0.119. The van der Waals surface area contributed by atoms with Crippen LogP contribution < -0.4 is 5.32 Å². The maximum atomic E-state index is 12.7. The Balaban J connectivity index is 1.27. The number of amides is 1. The summed E-state index contributed by atoms with van der Waals surface area (Å²) in [7, 11) is 0. The van der Waals surface area contributed by atoms with Crippen molar-refractivity contribution >= 4 is 16.9 Å². The molecule has 140 valence electrons. The number of aromatic amines is 1. The molecule has 0 unspecified atom stereocenters. The number of benzene rings is 2. The Morgan fingerprint density at radius 1 is 1.11 bits per heavy atom. The van der Waals surface area contributed by atoms with E-state index < -0.39 is 0 Å². The lowest BCUT2D eigenvalue weighted by atomic mass is 10.0. The SMILES string of the molecule is O=C(NC1(Cc2ccccc2)CC1)c1cc(Cn2cnc3ccccc32)[nH]n1. The summed E-state index contributed by atoms with van der Waals surface area (Å²) in [5.41, 5.74) is 4.44. The summed E-state index contributed by atoms with van der Waals surface area (Å²) in [6.45, 7) is 0.593. The number of fused-ring (bicyclic) bond motifs is 1. The summed E-state index contributed by atoms with van der Waals surface area (Å²) in [6.07, 6.45) is 4.68. The molecule has 1 fully saturated rings. The number of rotatable bonds is 6. The summed E-state index contributed by atoms with van der Waals surface area (Å²) in [4.78, 5) is 17.1. The average molecular weight is 371 g/mol. The molecule has 0 saturated heterocycles. The van der Waals surface area contributed by atoms with Gasteiger partial charge in [0, 0.05) is 5.54 Å². The lowest BCUT2D eigenvalue weighted by molar-refractivity contribution is 0.0926. The van der Waals surface area contributed by atoms with Crippen molar-refractivity contribution in [3.05, 3.63) is 83.9 Å². The number of aromatic nitrogens is 4. The van der Waals surface area contributed by atoms with E-state index in [0.29, 0.717) is 12.2 Å². The summed E-state index contributed by atoms with van der Waals surface area (Å²) < 4.78 is 2.04. The van der Waals surface area contributed by atoms with Crippen LogP contribution in [0.3, 0.4) is 0 Å². The van der Waals surface area contributed by atoms with Crippen LogP contribution >= 0.6 is 0 Å². The number of hydrogen-bond acceptors (Lipinski definition) is 3. The van der Waals surface area contributed by atoms with E-state index in [0.717, 1.165) is 36.0 Å². The van der Waals surface area contributed by atoms with Crippen LogP contribution in [-0.2, 0) is 13.0 Å². The van der Waals surface area contributed by atoms with Gasteiger partial charge < -0.3 is 9.88 Å². The van der Waals surface area contributed by atoms with Crippen LogP contribution in [0.2, 0.25) is 0 Å². The standard InChI is InChI=1S/C22H21N5O/c28-21(24-22(10-11-22)13-16-6-2-1-3-7-16)19-12-17(25-26-19)14-27-15-23-18-8-4-5-9-20(18)27/h1-9,12,15H,10-11,13-14H2,(H,24,28)(H,25,26). The Morgan fingerprint density at radius 3 is 2.71 bits per heavy atom. The highest BCUT2D eigenvalue weighted by Crippen LogP contribution is 2.38. The van der Waals surface area contributed by atoms with Crippen molar-refractivity contribution in [1.29, 1.82) is 0 Å². The molecule has 6 heteroatoms. The lowest BCUT2D eigenvalue weighted by Crippen LogP contribution is -2.38. The van der Waals surface area contributed by atoms with E-state index in [1.807, 2.05) is 59.4 Å². The third-order valence-corrected chi connectivity index (χ3v) is 5.35. The van der Waals surface area contributed by atoms with Gasteiger partial charge >= 0.3 is 0 Å². The number of carbonyl (C=O) groups excluding carboxylic acids is 1. The zero-order chi connectivity index (χ0) is 19.0. The highest BCUT2D eigenvalue weighted by atomic mass is 16.2. The van der Waals surface area contributed by atoms with Gasteiger partial charge in [-0.15, -0.1) is 0 Å². The summed E-state index contributed by atoms with van der Waals surface area (Å²) in [6, 6.07) is 20.1. The molecule has 0 bridgehead atoms. The molecule has 2 heterocycles. The van der Waals surface area contributed by atoms with Crippen molar-refractivity contribution in [2.24, 2.45) is 0 Å². The van der Waals surface area contributed by atoms with Gasteiger partial charge in [-0.2, -0.15) is 5.10 Å². The second kappa shape index (κ2) is 6.64. The molecule has 1 saturated carbocycles. The van der Waals surface area contributed by atoms with Crippen LogP contribution in [0.1, 0.15) is 34.6 Å². The first-order valence-corrected chi connectivity index (χ1v) is 9.51. The van der Waals surface area contributed by atoms with Gasteiger partial charge in [-0.25, -0.2) is 4.98 Å². The number of H-pyrrole nitrogens is 1. The lowest BCUT2D eigenvalue weighted by Gasteiger charge is -2.16. The number of nitrogens with zero attached hydrogens (tertiary/aromatic N) is 3. The quantitative estimate of drug-likeness (QED) is 0.546. The number of imidazole rings is 1. The van der Waals surface area contributed by atoms with Crippen molar-refractivity contribution < 1.29 is 4.79 Å². The van der Waals surface area contributed by atoms with Gasteiger partial charge in [-0.05, 0) is 43.0 Å². The number of nitrogens with one attached hydrogen (secondary N) is 2. The normalized spacial score (nSPS) is 14.9. The van der Waals surface area contributed by atoms with Gasteiger partial charge in [0.25, 0.3) is 5.91 Å². The summed E-state index contributed by atoms with van der Waals surface area (Å²) in [5, 5.41) is 10.4. The second-order valence-corrected chi connectivity index (χ2v) is 7.54. The molecule has 4 aromatic rings. The minimum absolute atomic E-state index is 0.119. The molecule has 2 aromatic carbocycles. The van der Waals surface area contributed by atoms with Gasteiger partial charge in [-0.1, -0.05) is 42.5 Å². The largest absolute Gasteiger partial charge is 0.345 e. The van der Waals surface area contributed by atoms with Crippen LogP contribution in [0.5, 0.6) is 0 Å². The van der Waals surface area contributed by atoms with Crippen molar-refractivity contribution in [2.75, 3.05) is 0 Å². The predicted octanol–water partition coefficient (Wildman–Crippen LogP) is 3.31. The van der Waals surface area contributed by atoms with Crippen molar-refractivity contribution in [3.63, 3.8) is 0 Å².